The van der Waals surface area contributed by atoms with Gasteiger partial charge in [-0.1, -0.05) is 0 Å². The van der Waals surface area contributed by atoms with Gasteiger partial charge in [0.15, 0.2) is 0 Å². The second-order valence-electron chi connectivity index (χ2n) is 7.77. The Hall–Kier alpha value is -1.40. The summed E-state index contributed by atoms with van der Waals surface area (Å²) in [6, 6.07) is 2.64. The minimum absolute atomic E-state index is 0.168. The van der Waals surface area contributed by atoms with Crippen molar-refractivity contribution in [2.45, 2.75) is 76.6 Å². The molecule has 6 nitrogen and oxygen atoms in total. The fourth-order valence-electron chi connectivity index (χ4n) is 3.87. The molecule has 0 unspecified atom stereocenters. The fourth-order valence-corrected chi connectivity index (χ4v) is 3.87. The minimum Gasteiger partial charge on any atom is -0.377 e. The van der Waals surface area contributed by atoms with E-state index in [0.29, 0.717) is 18.6 Å². The highest BCUT2D eigenvalue weighted by atomic mass is 16.5. The first-order valence-corrected chi connectivity index (χ1v) is 9.95. The third kappa shape index (κ3) is 4.82. The van der Waals surface area contributed by atoms with Crippen LogP contribution in [0.25, 0.3) is 0 Å². The van der Waals surface area contributed by atoms with E-state index in [9.17, 15) is 4.79 Å². The molecule has 25 heavy (non-hydrogen) atoms. The van der Waals surface area contributed by atoms with Gasteiger partial charge in [0.05, 0.1) is 17.5 Å². The molecule has 0 radical (unpaired) electrons. The highest BCUT2D eigenvalue weighted by Crippen LogP contribution is 2.20. The van der Waals surface area contributed by atoms with Crippen LogP contribution in [0.15, 0.2) is 6.07 Å². The van der Waals surface area contributed by atoms with Gasteiger partial charge in [0.2, 0.25) is 5.91 Å². The van der Waals surface area contributed by atoms with E-state index in [0.717, 1.165) is 64.2 Å². The van der Waals surface area contributed by atoms with E-state index in [1.54, 1.807) is 0 Å². The molecule has 0 spiro atoms. The van der Waals surface area contributed by atoms with Crippen molar-refractivity contribution in [3.8, 4) is 0 Å². The van der Waals surface area contributed by atoms with Gasteiger partial charge in [-0.3, -0.25) is 14.4 Å². The maximum Gasteiger partial charge on any atom is 0.220 e. The molecule has 1 aromatic heterocycles. The molecule has 0 bridgehead atoms. The predicted octanol–water partition coefficient (Wildman–Crippen LogP) is 1.87. The molecule has 3 aliphatic rings. The first-order chi connectivity index (χ1) is 12.3. The first kappa shape index (κ1) is 17.0. The van der Waals surface area contributed by atoms with Gasteiger partial charge in [-0.05, 0) is 44.6 Å². The lowest BCUT2D eigenvalue weighted by Crippen LogP contribution is -2.35. The van der Waals surface area contributed by atoms with E-state index in [1.165, 1.54) is 25.0 Å². The topological polar surface area (TPSA) is 59.4 Å². The zero-order chi connectivity index (χ0) is 17.1. The van der Waals surface area contributed by atoms with E-state index in [-0.39, 0.29) is 5.91 Å². The fraction of sp³-hybridized carbons (Fsp3) is 0.789. The van der Waals surface area contributed by atoms with Gasteiger partial charge in [0, 0.05) is 51.7 Å². The Morgan fingerprint density at radius 3 is 2.96 bits per heavy atom. The average Bonchev–Trinajstić information content (AvgIpc) is 3.37. The van der Waals surface area contributed by atoms with Crippen molar-refractivity contribution in [3.63, 3.8) is 0 Å². The normalized spacial score (nSPS) is 24.6. The van der Waals surface area contributed by atoms with Crippen molar-refractivity contribution < 1.29 is 9.53 Å². The molecular formula is C19H30N4O2. The SMILES string of the molecule is O=C(CCc1cc2n(n1)CCCN(C[C@H]1CCCCO1)C2)NC1CC1. The number of nitrogens with zero attached hydrogens (tertiary/aromatic N) is 3. The standard InChI is InChI=1S/C19H30N4O2/c24-19(20-15-5-6-15)8-7-16-12-17-13-22(9-3-10-23(17)21-16)14-18-4-1-2-11-25-18/h12,15,18H,1-11,13-14H2,(H,20,24)/t18-/m1/s1. The quantitative estimate of drug-likeness (QED) is 0.854. The van der Waals surface area contributed by atoms with Crippen LogP contribution >= 0.6 is 0 Å². The number of ether oxygens (including phenoxy) is 1. The van der Waals surface area contributed by atoms with Crippen LogP contribution in [0.1, 0.15) is 56.3 Å². The molecule has 1 aliphatic carbocycles. The molecule has 1 atom stereocenters. The molecule has 4 rings (SSSR count). The average molecular weight is 346 g/mol. The Morgan fingerprint density at radius 1 is 1.24 bits per heavy atom. The number of aromatic nitrogens is 2. The summed E-state index contributed by atoms with van der Waals surface area (Å²) >= 11 is 0. The van der Waals surface area contributed by atoms with Gasteiger partial charge in [-0.2, -0.15) is 5.10 Å². The molecular weight excluding hydrogens is 316 g/mol. The van der Waals surface area contributed by atoms with Gasteiger partial charge in [0.1, 0.15) is 0 Å². The highest BCUT2D eigenvalue weighted by molar-refractivity contribution is 5.76. The molecule has 3 heterocycles. The lowest BCUT2D eigenvalue weighted by Gasteiger charge is -2.28. The summed E-state index contributed by atoms with van der Waals surface area (Å²) in [6.45, 7) is 4.99. The molecule has 1 saturated carbocycles. The summed E-state index contributed by atoms with van der Waals surface area (Å²) in [5.41, 5.74) is 2.34. The van der Waals surface area contributed by atoms with Gasteiger partial charge >= 0.3 is 0 Å². The number of hydrogen-bond donors (Lipinski definition) is 1. The molecule has 0 aromatic carbocycles. The Kier molecular flexibility index (Phi) is 5.36. The maximum atomic E-state index is 11.9. The molecule has 1 saturated heterocycles. The molecule has 2 fully saturated rings. The monoisotopic (exact) mass is 346 g/mol. The van der Waals surface area contributed by atoms with Gasteiger partial charge < -0.3 is 10.1 Å². The first-order valence-electron chi connectivity index (χ1n) is 9.95. The summed E-state index contributed by atoms with van der Waals surface area (Å²) in [5, 5.41) is 7.79. The van der Waals surface area contributed by atoms with Crippen molar-refractivity contribution in [2.75, 3.05) is 19.7 Å². The van der Waals surface area contributed by atoms with Crippen LogP contribution < -0.4 is 5.32 Å². The highest BCUT2D eigenvalue weighted by Gasteiger charge is 2.24. The number of carbonyl (C=O) groups is 1. The van der Waals surface area contributed by atoms with E-state index in [4.69, 9.17) is 9.84 Å². The number of amides is 1. The smallest absolute Gasteiger partial charge is 0.220 e. The lowest BCUT2D eigenvalue weighted by molar-refractivity contribution is -0.121. The molecule has 6 heteroatoms. The second kappa shape index (κ2) is 7.87. The summed E-state index contributed by atoms with van der Waals surface area (Å²) in [6.07, 6.45) is 8.80. The largest absolute Gasteiger partial charge is 0.377 e. The van der Waals surface area contributed by atoms with Crippen LogP contribution in [0.5, 0.6) is 0 Å². The van der Waals surface area contributed by atoms with Gasteiger partial charge in [0.25, 0.3) is 0 Å². The van der Waals surface area contributed by atoms with Crippen LogP contribution in [0.2, 0.25) is 0 Å². The Morgan fingerprint density at radius 2 is 2.16 bits per heavy atom. The Labute approximate surface area is 149 Å². The number of hydrogen-bond acceptors (Lipinski definition) is 4. The Bertz CT molecular complexity index is 590. The van der Waals surface area contributed by atoms with E-state index in [2.05, 4.69) is 21.0 Å². The van der Waals surface area contributed by atoms with Crippen molar-refractivity contribution >= 4 is 5.91 Å². The van der Waals surface area contributed by atoms with E-state index >= 15 is 0 Å². The zero-order valence-corrected chi connectivity index (χ0v) is 15.1. The van der Waals surface area contributed by atoms with Gasteiger partial charge in [-0.15, -0.1) is 0 Å². The van der Waals surface area contributed by atoms with Crippen molar-refractivity contribution in [1.29, 1.82) is 0 Å². The minimum atomic E-state index is 0.168. The second-order valence-corrected chi connectivity index (χ2v) is 7.77. The molecule has 138 valence electrons. The maximum absolute atomic E-state index is 11.9. The summed E-state index contributed by atoms with van der Waals surface area (Å²) in [5.74, 6) is 0.168. The van der Waals surface area contributed by atoms with Crippen molar-refractivity contribution in [3.05, 3.63) is 17.5 Å². The number of fused-ring (bicyclic) bond motifs is 1. The Balaban J connectivity index is 1.30. The van der Waals surface area contributed by atoms with Crippen LogP contribution in [-0.4, -0.2) is 52.4 Å². The molecule has 1 amide bonds. The molecule has 1 aromatic rings. The molecule has 1 N–H and O–H groups in total. The molecule has 2 aliphatic heterocycles. The summed E-state index contributed by atoms with van der Waals surface area (Å²) in [4.78, 5) is 14.4. The van der Waals surface area contributed by atoms with Crippen molar-refractivity contribution in [1.82, 2.24) is 20.0 Å². The van der Waals surface area contributed by atoms with Crippen LogP contribution in [0, 0.1) is 0 Å². The third-order valence-corrected chi connectivity index (χ3v) is 5.43. The van der Waals surface area contributed by atoms with Gasteiger partial charge in [-0.25, -0.2) is 0 Å². The summed E-state index contributed by atoms with van der Waals surface area (Å²) in [7, 11) is 0. The number of carbonyl (C=O) groups excluding carboxylic acids is 1. The predicted molar refractivity (Wildman–Crippen MR) is 95.2 cm³/mol. The van der Waals surface area contributed by atoms with E-state index in [1.807, 2.05) is 0 Å². The van der Waals surface area contributed by atoms with Crippen molar-refractivity contribution in [2.24, 2.45) is 0 Å². The van der Waals surface area contributed by atoms with E-state index < -0.39 is 0 Å². The lowest BCUT2D eigenvalue weighted by atomic mass is 10.1. The number of aryl methyl sites for hydroxylation is 2. The van der Waals surface area contributed by atoms with Crippen LogP contribution in [0.3, 0.4) is 0 Å². The van der Waals surface area contributed by atoms with Crippen LogP contribution in [-0.2, 0) is 29.0 Å². The zero-order valence-electron chi connectivity index (χ0n) is 15.1. The number of nitrogens with one attached hydrogen (secondary N) is 1. The third-order valence-electron chi connectivity index (χ3n) is 5.43. The number of rotatable bonds is 6. The summed E-state index contributed by atoms with van der Waals surface area (Å²) < 4.78 is 8.06. The van der Waals surface area contributed by atoms with Crippen LogP contribution in [0.4, 0.5) is 0 Å².